The van der Waals surface area contributed by atoms with E-state index < -0.39 is 0 Å². The Kier molecular flexibility index (Phi) is 0.602. The Labute approximate surface area is 35.2 Å². The van der Waals surface area contributed by atoms with E-state index in [1.165, 1.54) is 0 Å². The fraction of sp³-hybridized carbons (Fsp3) is 0.333. The number of nitrogens with one attached hydrogen (secondary N) is 1. The minimum atomic E-state index is 0.245. The summed E-state index contributed by atoms with van der Waals surface area (Å²) < 4.78 is 4.42. The van der Waals surface area contributed by atoms with Crippen molar-refractivity contribution < 1.29 is 4.74 Å². The van der Waals surface area contributed by atoms with E-state index in [1.54, 1.807) is 0 Å². The Morgan fingerprint density at radius 3 is 3.00 bits per heavy atom. The van der Waals surface area contributed by atoms with Gasteiger partial charge in [-0.2, -0.15) is 0 Å². The van der Waals surface area contributed by atoms with Crippen LogP contribution in [0.3, 0.4) is 0 Å². The van der Waals surface area contributed by atoms with Crippen molar-refractivity contribution in [2.45, 2.75) is 0 Å². The first kappa shape index (κ1) is 3.33. The zero-order valence-corrected chi connectivity index (χ0v) is 3.06. The van der Waals surface area contributed by atoms with Crippen molar-refractivity contribution in [2.24, 2.45) is 4.99 Å². The van der Waals surface area contributed by atoms with Crippen molar-refractivity contribution >= 4 is 12.2 Å². The van der Waals surface area contributed by atoms with Gasteiger partial charge in [-0.05, 0) is 0 Å². The first-order valence-corrected chi connectivity index (χ1v) is 1.54. The van der Waals surface area contributed by atoms with Gasteiger partial charge in [0.05, 0.1) is 6.61 Å². The number of ether oxygens (including phenoxy) is 1. The molecule has 0 radical (unpaired) electrons. The fourth-order valence-electron chi connectivity index (χ4n) is 0.220. The van der Waals surface area contributed by atoms with Gasteiger partial charge in [-0.3, -0.25) is 0 Å². The zero-order valence-electron chi connectivity index (χ0n) is 3.06. The van der Waals surface area contributed by atoms with E-state index >= 15 is 0 Å². The number of nitrogens with zero attached hydrogens (tertiary/aromatic N) is 1. The fourth-order valence-corrected chi connectivity index (χ4v) is 0.220. The third kappa shape index (κ3) is 0.381. The molecule has 1 heterocycles. The van der Waals surface area contributed by atoms with Crippen LogP contribution in [0.4, 0.5) is 0 Å². The molecule has 6 heavy (non-hydrogen) atoms. The molecule has 0 unspecified atom stereocenters. The summed E-state index contributed by atoms with van der Waals surface area (Å²) in [5, 5.41) is 6.69. The molecular formula is C3H3N2O-. The van der Waals surface area contributed by atoms with Crippen molar-refractivity contribution in [1.29, 1.82) is 5.41 Å². The Hall–Kier alpha value is -0.860. The average Bonchev–Trinajstić information content (AvgIpc) is 1.86. The zero-order chi connectivity index (χ0) is 4.41. The van der Waals surface area contributed by atoms with Crippen LogP contribution < -0.4 is 0 Å². The maximum absolute atomic E-state index is 6.69. The van der Waals surface area contributed by atoms with Crippen LogP contribution in [0.5, 0.6) is 0 Å². The second-order valence-corrected chi connectivity index (χ2v) is 0.938. The number of hydrogen-bond acceptors (Lipinski definition) is 2. The third-order valence-electron chi connectivity index (χ3n) is 0.454. The summed E-state index contributed by atoms with van der Waals surface area (Å²) in [5.41, 5.74) is 0. The minimum absolute atomic E-state index is 0.245. The molecule has 0 aromatic rings. The Bertz CT molecular complexity index is 97.0. The summed E-state index contributed by atoms with van der Waals surface area (Å²) in [6.07, 6.45) is 2.17. The molecule has 0 amide bonds. The standard InChI is InChI=1S/C3H3N2O/c4-3-1-6-2-5-3/h4H,1H2/q-1. The molecule has 3 heteroatoms. The van der Waals surface area contributed by atoms with E-state index in [-0.39, 0.29) is 5.84 Å². The number of aliphatic imine (C=N–C) groups is 1. The first-order valence-electron chi connectivity index (χ1n) is 1.54. The van der Waals surface area contributed by atoms with E-state index in [1.807, 2.05) is 0 Å². The van der Waals surface area contributed by atoms with Gasteiger partial charge in [0.15, 0.2) is 0 Å². The monoisotopic (exact) mass is 83.0 g/mol. The largest absolute Gasteiger partial charge is 0.583 e. The summed E-state index contributed by atoms with van der Waals surface area (Å²) in [6.45, 7) is 0.292. The summed E-state index contributed by atoms with van der Waals surface area (Å²) in [4.78, 5) is 3.35. The number of amidine groups is 1. The molecule has 0 saturated carbocycles. The van der Waals surface area contributed by atoms with Crippen molar-refractivity contribution in [1.82, 2.24) is 0 Å². The lowest BCUT2D eigenvalue weighted by molar-refractivity contribution is 0.396. The SMILES string of the molecule is N=C1CO[C-]=N1. The Morgan fingerprint density at radius 1 is 2.00 bits per heavy atom. The van der Waals surface area contributed by atoms with Gasteiger partial charge in [0.2, 0.25) is 0 Å². The summed E-state index contributed by atoms with van der Waals surface area (Å²) in [7, 11) is 0. The lowest BCUT2D eigenvalue weighted by Crippen LogP contribution is -1.90. The molecule has 0 aromatic heterocycles. The molecular weight excluding hydrogens is 80.0 g/mol. The number of hydrogen-bond donors (Lipinski definition) is 1. The second-order valence-electron chi connectivity index (χ2n) is 0.938. The molecule has 0 saturated heterocycles. The molecule has 3 nitrogen and oxygen atoms in total. The van der Waals surface area contributed by atoms with E-state index in [0.717, 1.165) is 0 Å². The molecule has 0 spiro atoms. The van der Waals surface area contributed by atoms with Crippen LogP contribution in [0.2, 0.25) is 0 Å². The highest BCUT2D eigenvalue weighted by Crippen LogP contribution is 1.83. The van der Waals surface area contributed by atoms with Gasteiger partial charge >= 0.3 is 0 Å². The summed E-state index contributed by atoms with van der Waals surface area (Å²) in [5.74, 6) is 0.245. The molecule has 1 rings (SSSR count). The van der Waals surface area contributed by atoms with Crippen LogP contribution in [0.15, 0.2) is 4.99 Å². The van der Waals surface area contributed by atoms with Gasteiger partial charge in [-0.1, -0.05) is 0 Å². The molecule has 1 aliphatic heterocycles. The molecule has 32 valence electrons. The molecule has 0 aliphatic carbocycles. The van der Waals surface area contributed by atoms with Crippen molar-refractivity contribution in [3.63, 3.8) is 0 Å². The summed E-state index contributed by atoms with van der Waals surface area (Å²) in [6, 6.07) is 0. The van der Waals surface area contributed by atoms with Gasteiger partial charge in [-0.15, -0.1) is 0 Å². The third-order valence-corrected chi connectivity index (χ3v) is 0.454. The van der Waals surface area contributed by atoms with Gasteiger partial charge < -0.3 is 15.1 Å². The van der Waals surface area contributed by atoms with Crippen LogP contribution >= 0.6 is 0 Å². The molecule has 0 aromatic carbocycles. The topological polar surface area (TPSA) is 45.4 Å². The lowest BCUT2D eigenvalue weighted by Gasteiger charge is -1.90. The van der Waals surface area contributed by atoms with Gasteiger partial charge in [-0.25, -0.2) is 0 Å². The second kappa shape index (κ2) is 1.08. The predicted molar refractivity (Wildman–Crippen MR) is 21.1 cm³/mol. The number of rotatable bonds is 0. The maximum Gasteiger partial charge on any atom is 0.0566 e. The molecule has 1 N–H and O–H groups in total. The van der Waals surface area contributed by atoms with Crippen molar-refractivity contribution in [3.8, 4) is 0 Å². The van der Waals surface area contributed by atoms with Gasteiger partial charge in [0, 0.05) is 12.2 Å². The smallest absolute Gasteiger partial charge is 0.0566 e. The highest BCUT2D eigenvalue weighted by molar-refractivity contribution is 5.90. The van der Waals surface area contributed by atoms with E-state index in [0.29, 0.717) is 6.61 Å². The van der Waals surface area contributed by atoms with Crippen LogP contribution in [0.25, 0.3) is 0 Å². The van der Waals surface area contributed by atoms with E-state index in [4.69, 9.17) is 5.41 Å². The van der Waals surface area contributed by atoms with Crippen LogP contribution in [0.1, 0.15) is 0 Å². The van der Waals surface area contributed by atoms with Crippen molar-refractivity contribution in [3.05, 3.63) is 0 Å². The summed E-state index contributed by atoms with van der Waals surface area (Å²) >= 11 is 0. The van der Waals surface area contributed by atoms with Gasteiger partial charge in [0.25, 0.3) is 0 Å². The molecule has 0 bridgehead atoms. The van der Waals surface area contributed by atoms with Crippen molar-refractivity contribution in [2.75, 3.05) is 6.61 Å². The Morgan fingerprint density at radius 2 is 2.83 bits per heavy atom. The van der Waals surface area contributed by atoms with E-state index in [9.17, 15) is 0 Å². The lowest BCUT2D eigenvalue weighted by atomic mass is 10.7. The average molecular weight is 83.1 g/mol. The molecule has 1 aliphatic rings. The highest BCUT2D eigenvalue weighted by Gasteiger charge is 1.82. The van der Waals surface area contributed by atoms with Crippen LogP contribution in [-0.2, 0) is 4.74 Å². The first-order chi connectivity index (χ1) is 2.89. The Balaban J connectivity index is 2.59. The minimum Gasteiger partial charge on any atom is -0.583 e. The quantitative estimate of drug-likeness (QED) is 0.408. The molecule has 0 fully saturated rings. The van der Waals surface area contributed by atoms with Crippen LogP contribution in [0, 0.1) is 5.41 Å². The normalized spacial score (nSPS) is 18.3. The highest BCUT2D eigenvalue weighted by atomic mass is 16.5. The molecule has 0 atom stereocenters. The van der Waals surface area contributed by atoms with E-state index in [2.05, 4.69) is 16.1 Å². The van der Waals surface area contributed by atoms with Crippen LogP contribution in [-0.4, -0.2) is 18.8 Å². The maximum atomic E-state index is 6.69. The van der Waals surface area contributed by atoms with Gasteiger partial charge in [0.1, 0.15) is 0 Å². The predicted octanol–water partition coefficient (Wildman–Crippen LogP) is -0.101.